The van der Waals surface area contributed by atoms with Gasteiger partial charge in [-0.3, -0.25) is 0 Å². The first-order chi connectivity index (χ1) is 8.00. The van der Waals surface area contributed by atoms with Crippen LogP contribution in [0, 0.1) is 19.8 Å². The highest BCUT2D eigenvalue weighted by Gasteiger charge is 2.19. The molecule has 0 heterocycles. The zero-order chi connectivity index (χ0) is 12.6. The molecule has 0 saturated heterocycles. The van der Waals surface area contributed by atoms with Crippen LogP contribution in [0.2, 0.25) is 0 Å². The molecule has 0 amide bonds. The number of aryl methyl sites for hydroxylation is 1. The number of rotatable bonds is 2. The highest BCUT2D eigenvalue weighted by Crippen LogP contribution is 2.29. The minimum absolute atomic E-state index is 0.619. The van der Waals surface area contributed by atoms with Crippen molar-refractivity contribution < 1.29 is 0 Å². The van der Waals surface area contributed by atoms with E-state index in [9.17, 15) is 0 Å². The molecular formula is C16H20Si. The van der Waals surface area contributed by atoms with Gasteiger partial charge < -0.3 is 0 Å². The van der Waals surface area contributed by atoms with Gasteiger partial charge in [-0.05, 0) is 44.7 Å². The van der Waals surface area contributed by atoms with Crippen molar-refractivity contribution in [3.8, 4) is 0 Å². The maximum Gasteiger partial charge on any atom is 0.117 e. The molecule has 0 aromatic heterocycles. The minimum Gasteiger partial charge on any atom is -0.0748 e. The minimum atomic E-state index is 0.619. The van der Waals surface area contributed by atoms with Crippen LogP contribution in [0.1, 0.15) is 31.9 Å². The summed E-state index contributed by atoms with van der Waals surface area (Å²) < 4.78 is 0. The van der Waals surface area contributed by atoms with Gasteiger partial charge in [0.1, 0.15) is 9.52 Å². The molecule has 0 nitrogen and oxygen atoms in total. The molecule has 0 fully saturated rings. The van der Waals surface area contributed by atoms with Crippen LogP contribution < -0.4 is 5.19 Å². The van der Waals surface area contributed by atoms with Crippen LogP contribution in [0.25, 0.3) is 0 Å². The second kappa shape index (κ2) is 4.65. The first-order valence-corrected chi connectivity index (χ1v) is 7.23. The molecule has 2 rings (SSSR count). The molecular weight excluding hydrogens is 220 g/mol. The largest absolute Gasteiger partial charge is 0.117 e. The molecule has 1 aliphatic carbocycles. The van der Waals surface area contributed by atoms with Crippen LogP contribution >= 0.6 is 0 Å². The van der Waals surface area contributed by atoms with Gasteiger partial charge in [0.2, 0.25) is 0 Å². The Labute approximate surface area is 107 Å². The molecule has 0 aliphatic heterocycles. The van der Waals surface area contributed by atoms with Crippen molar-refractivity contribution in [2.24, 2.45) is 5.92 Å². The van der Waals surface area contributed by atoms with Gasteiger partial charge in [0.25, 0.3) is 0 Å². The van der Waals surface area contributed by atoms with Crippen LogP contribution in [0.4, 0.5) is 0 Å². The summed E-state index contributed by atoms with van der Waals surface area (Å²) in [6.07, 6.45) is 2.39. The first kappa shape index (κ1) is 12.4. The van der Waals surface area contributed by atoms with Gasteiger partial charge in [-0.2, -0.15) is 0 Å². The fourth-order valence-corrected chi connectivity index (χ4v) is 3.93. The van der Waals surface area contributed by atoms with Crippen LogP contribution in [0.3, 0.4) is 0 Å². The number of allylic oxidation sites excluding steroid dienone is 4. The summed E-state index contributed by atoms with van der Waals surface area (Å²) in [6.45, 7) is 11.3. The van der Waals surface area contributed by atoms with Crippen LogP contribution in [-0.2, 0) is 0 Å². The maximum atomic E-state index is 2.39. The zero-order valence-electron chi connectivity index (χ0n) is 11.4. The summed E-state index contributed by atoms with van der Waals surface area (Å²) >= 11 is 0. The van der Waals surface area contributed by atoms with Crippen molar-refractivity contribution in [2.45, 2.75) is 34.6 Å². The molecule has 1 aromatic rings. The summed E-state index contributed by atoms with van der Waals surface area (Å²) in [6, 6.07) is 6.66. The Morgan fingerprint density at radius 2 is 1.76 bits per heavy atom. The number of hydrogen-bond donors (Lipinski definition) is 0. The van der Waals surface area contributed by atoms with Crippen molar-refractivity contribution in [3.05, 3.63) is 51.7 Å². The van der Waals surface area contributed by atoms with E-state index in [0.29, 0.717) is 5.92 Å². The predicted octanol–water partition coefficient (Wildman–Crippen LogP) is 3.50. The van der Waals surface area contributed by atoms with E-state index in [-0.39, 0.29) is 0 Å². The third-order valence-electron chi connectivity index (χ3n) is 3.82. The van der Waals surface area contributed by atoms with Gasteiger partial charge >= 0.3 is 0 Å². The molecule has 1 aliphatic rings. The molecule has 88 valence electrons. The molecule has 1 atom stereocenters. The second-order valence-corrected chi connectivity index (χ2v) is 6.38. The Balaban J connectivity index is 2.32. The Morgan fingerprint density at radius 1 is 1.06 bits per heavy atom. The van der Waals surface area contributed by atoms with Crippen LogP contribution in [-0.4, -0.2) is 9.52 Å². The Hall–Kier alpha value is -1.08. The smallest absolute Gasteiger partial charge is 0.0748 e. The molecule has 17 heavy (non-hydrogen) atoms. The van der Waals surface area contributed by atoms with Crippen molar-refractivity contribution in [3.63, 3.8) is 0 Å². The normalized spacial score (nSPS) is 19.8. The lowest BCUT2D eigenvalue weighted by molar-refractivity contribution is 0.928. The van der Waals surface area contributed by atoms with E-state index < -0.39 is 0 Å². The third kappa shape index (κ3) is 2.30. The van der Waals surface area contributed by atoms with Gasteiger partial charge in [-0.15, -0.1) is 0 Å². The Kier molecular flexibility index (Phi) is 3.39. The molecule has 0 N–H and O–H groups in total. The standard InChI is InChI=1S/C16H20Si/c1-10-7-6-8-15(13(10)4)17-16-12(3)9-11(2)14(16)5/h6-9,12H,1-5H3. The topological polar surface area (TPSA) is 0 Å². The highest BCUT2D eigenvalue weighted by molar-refractivity contribution is 6.62. The van der Waals surface area contributed by atoms with E-state index in [1.807, 2.05) is 0 Å². The van der Waals surface area contributed by atoms with Gasteiger partial charge in [-0.25, -0.2) is 0 Å². The van der Waals surface area contributed by atoms with E-state index in [4.69, 9.17) is 0 Å². The summed E-state index contributed by atoms with van der Waals surface area (Å²) in [4.78, 5) is 0. The highest BCUT2D eigenvalue weighted by atomic mass is 28.2. The monoisotopic (exact) mass is 240 g/mol. The van der Waals surface area contributed by atoms with Gasteiger partial charge in [0, 0.05) is 0 Å². The number of benzene rings is 1. The fraction of sp³-hybridized carbons (Fsp3) is 0.375. The lowest BCUT2D eigenvalue weighted by atomic mass is 10.1. The van der Waals surface area contributed by atoms with Crippen molar-refractivity contribution in [2.75, 3.05) is 0 Å². The molecule has 1 unspecified atom stereocenters. The lowest BCUT2D eigenvalue weighted by Crippen LogP contribution is -2.22. The van der Waals surface area contributed by atoms with E-state index in [1.54, 1.807) is 5.20 Å². The second-order valence-electron chi connectivity index (χ2n) is 5.05. The van der Waals surface area contributed by atoms with Crippen molar-refractivity contribution in [1.29, 1.82) is 0 Å². The molecule has 0 saturated carbocycles. The molecule has 2 radical (unpaired) electrons. The fourth-order valence-electron chi connectivity index (χ4n) is 2.38. The molecule has 1 heteroatoms. The first-order valence-electron chi connectivity index (χ1n) is 6.23. The number of hydrogen-bond acceptors (Lipinski definition) is 0. The van der Waals surface area contributed by atoms with E-state index in [2.05, 4.69) is 58.9 Å². The lowest BCUT2D eigenvalue weighted by Gasteiger charge is -2.13. The summed E-state index contributed by atoms with van der Waals surface area (Å²) in [7, 11) is 0.828. The molecule has 0 spiro atoms. The maximum absolute atomic E-state index is 2.39. The van der Waals surface area contributed by atoms with Gasteiger partial charge in [0.05, 0.1) is 0 Å². The third-order valence-corrected chi connectivity index (χ3v) is 5.74. The Morgan fingerprint density at radius 3 is 2.35 bits per heavy atom. The van der Waals surface area contributed by atoms with Crippen molar-refractivity contribution >= 4 is 14.7 Å². The van der Waals surface area contributed by atoms with E-state index >= 15 is 0 Å². The summed E-state index contributed by atoms with van der Waals surface area (Å²) in [5, 5.41) is 3.13. The predicted molar refractivity (Wildman–Crippen MR) is 76.9 cm³/mol. The SMILES string of the molecule is CC1=CC(C)C([Si]c2cccc(C)c2C)=C1C. The van der Waals surface area contributed by atoms with E-state index in [1.165, 1.54) is 27.5 Å². The quantitative estimate of drug-likeness (QED) is 0.694. The van der Waals surface area contributed by atoms with Crippen molar-refractivity contribution in [1.82, 2.24) is 0 Å². The van der Waals surface area contributed by atoms with Gasteiger partial charge in [0.15, 0.2) is 0 Å². The van der Waals surface area contributed by atoms with E-state index in [0.717, 1.165) is 9.52 Å². The van der Waals surface area contributed by atoms with Crippen LogP contribution in [0.5, 0.6) is 0 Å². The summed E-state index contributed by atoms with van der Waals surface area (Å²) in [5.74, 6) is 0.619. The average molecular weight is 240 g/mol. The van der Waals surface area contributed by atoms with Gasteiger partial charge in [-0.1, -0.05) is 52.7 Å². The zero-order valence-corrected chi connectivity index (χ0v) is 12.4. The Bertz CT molecular complexity index is 506. The molecule has 0 bridgehead atoms. The average Bonchev–Trinajstić information content (AvgIpc) is 2.51. The van der Waals surface area contributed by atoms with Crippen LogP contribution in [0.15, 0.2) is 40.6 Å². The summed E-state index contributed by atoms with van der Waals surface area (Å²) in [5.41, 5.74) is 5.84. The molecule has 1 aromatic carbocycles.